The Morgan fingerprint density at radius 2 is 2.41 bits per heavy atom. The summed E-state index contributed by atoms with van der Waals surface area (Å²) in [5.41, 5.74) is 6.12. The number of ether oxygens (including phenoxy) is 1. The number of nitrogens with zero attached hydrogens (tertiary/aromatic N) is 1. The third-order valence-corrected chi connectivity index (χ3v) is 3.18. The van der Waals surface area contributed by atoms with E-state index >= 15 is 0 Å². The van der Waals surface area contributed by atoms with Gasteiger partial charge in [-0.05, 0) is 25.3 Å². The molecule has 1 saturated carbocycles. The lowest BCUT2D eigenvalue weighted by molar-refractivity contribution is -0.129. The van der Waals surface area contributed by atoms with E-state index in [1.165, 1.54) is 0 Å². The average Bonchev–Trinajstić information content (AvgIpc) is 2.33. The predicted molar refractivity (Wildman–Crippen MR) is 63.4 cm³/mol. The largest absolute Gasteiger partial charge is 0.481 e. The van der Waals surface area contributed by atoms with E-state index in [4.69, 9.17) is 10.5 Å². The van der Waals surface area contributed by atoms with Crippen molar-refractivity contribution < 1.29 is 9.53 Å². The van der Waals surface area contributed by atoms with Crippen molar-refractivity contribution in [1.82, 2.24) is 10.3 Å². The maximum absolute atomic E-state index is 11.8. The van der Waals surface area contributed by atoms with Crippen molar-refractivity contribution in [2.24, 2.45) is 5.73 Å². The third kappa shape index (κ3) is 2.39. The first-order chi connectivity index (χ1) is 8.15. The lowest BCUT2D eigenvalue weighted by Gasteiger charge is -2.36. The number of nitrogens with one attached hydrogen (secondary N) is 1. The van der Waals surface area contributed by atoms with E-state index in [0.29, 0.717) is 12.4 Å². The molecule has 5 nitrogen and oxygen atoms in total. The molecule has 0 spiro atoms. The maximum atomic E-state index is 11.8. The molecule has 0 atom stereocenters. The molecule has 0 aliphatic heterocycles. The topological polar surface area (TPSA) is 77.2 Å². The van der Waals surface area contributed by atoms with Gasteiger partial charge in [0, 0.05) is 18.3 Å². The van der Waals surface area contributed by atoms with Gasteiger partial charge in [-0.2, -0.15) is 0 Å². The molecule has 1 amide bonds. The lowest BCUT2D eigenvalue weighted by atomic mass is 9.77. The van der Waals surface area contributed by atoms with E-state index in [1.54, 1.807) is 13.3 Å². The minimum Gasteiger partial charge on any atom is -0.481 e. The zero-order valence-electron chi connectivity index (χ0n) is 9.90. The predicted octanol–water partition coefficient (Wildman–Crippen LogP) is 0.588. The van der Waals surface area contributed by atoms with E-state index in [0.717, 1.165) is 24.8 Å². The van der Waals surface area contributed by atoms with Gasteiger partial charge in [-0.15, -0.1) is 0 Å². The summed E-state index contributed by atoms with van der Waals surface area (Å²) in [6, 6.07) is 3.68. The third-order valence-electron chi connectivity index (χ3n) is 3.18. The second-order valence-corrected chi connectivity index (χ2v) is 4.36. The highest BCUT2D eigenvalue weighted by molar-refractivity contribution is 5.86. The fourth-order valence-corrected chi connectivity index (χ4v) is 1.88. The molecule has 0 saturated heterocycles. The van der Waals surface area contributed by atoms with Crippen molar-refractivity contribution >= 4 is 5.91 Å². The normalized spacial score (nSPS) is 17.1. The molecule has 0 aromatic carbocycles. The number of nitrogens with two attached hydrogens (primary N) is 1. The first-order valence-electron chi connectivity index (χ1n) is 5.71. The van der Waals surface area contributed by atoms with Gasteiger partial charge < -0.3 is 15.8 Å². The summed E-state index contributed by atoms with van der Waals surface area (Å²) in [6.45, 7) is 0.398. The molecule has 1 fully saturated rings. The molecule has 5 heteroatoms. The number of aromatic nitrogens is 1. The van der Waals surface area contributed by atoms with Gasteiger partial charge in [-0.25, -0.2) is 4.98 Å². The molecule has 1 aliphatic carbocycles. The van der Waals surface area contributed by atoms with Gasteiger partial charge in [0.05, 0.1) is 12.6 Å². The molecule has 1 aromatic rings. The van der Waals surface area contributed by atoms with Crippen LogP contribution in [0.15, 0.2) is 18.3 Å². The van der Waals surface area contributed by atoms with Crippen LogP contribution < -0.4 is 15.8 Å². The highest BCUT2D eigenvalue weighted by atomic mass is 16.5. The number of methoxy groups -OCH3 is 1. The first kappa shape index (κ1) is 11.9. The molecule has 1 aromatic heterocycles. The SMILES string of the molecule is COc1ncccc1CNC(=O)C1(N)CCC1. The van der Waals surface area contributed by atoms with Crippen LogP contribution >= 0.6 is 0 Å². The number of pyridine rings is 1. The van der Waals surface area contributed by atoms with Crippen molar-refractivity contribution in [3.63, 3.8) is 0 Å². The van der Waals surface area contributed by atoms with Crippen LogP contribution in [0.3, 0.4) is 0 Å². The van der Waals surface area contributed by atoms with Gasteiger partial charge in [0.15, 0.2) is 0 Å². The summed E-state index contributed by atoms with van der Waals surface area (Å²) in [5, 5.41) is 2.83. The highest BCUT2D eigenvalue weighted by Crippen LogP contribution is 2.29. The molecule has 17 heavy (non-hydrogen) atoms. The van der Waals surface area contributed by atoms with Crippen molar-refractivity contribution in [1.29, 1.82) is 0 Å². The number of carbonyl (C=O) groups excluding carboxylic acids is 1. The van der Waals surface area contributed by atoms with Gasteiger partial charge in [0.25, 0.3) is 0 Å². The Morgan fingerprint density at radius 3 is 3.00 bits per heavy atom. The summed E-state index contributed by atoms with van der Waals surface area (Å²) in [5.74, 6) is 0.446. The number of hydrogen-bond acceptors (Lipinski definition) is 4. The number of carbonyl (C=O) groups is 1. The number of amides is 1. The lowest BCUT2D eigenvalue weighted by Crippen LogP contribution is -2.58. The van der Waals surface area contributed by atoms with E-state index in [2.05, 4.69) is 10.3 Å². The summed E-state index contributed by atoms with van der Waals surface area (Å²) >= 11 is 0. The van der Waals surface area contributed by atoms with Crippen LogP contribution in [0.2, 0.25) is 0 Å². The monoisotopic (exact) mass is 235 g/mol. The van der Waals surface area contributed by atoms with E-state index in [-0.39, 0.29) is 5.91 Å². The maximum Gasteiger partial charge on any atom is 0.240 e. The Balaban J connectivity index is 1.95. The van der Waals surface area contributed by atoms with Crippen molar-refractivity contribution in [2.75, 3.05) is 7.11 Å². The van der Waals surface area contributed by atoms with Crippen molar-refractivity contribution in [3.8, 4) is 5.88 Å². The summed E-state index contributed by atoms with van der Waals surface area (Å²) in [6.07, 6.45) is 4.21. The number of rotatable bonds is 4. The Bertz CT molecular complexity index is 416. The van der Waals surface area contributed by atoms with Crippen LogP contribution in [0.1, 0.15) is 24.8 Å². The van der Waals surface area contributed by atoms with Crippen molar-refractivity contribution in [2.45, 2.75) is 31.3 Å². The molecule has 1 heterocycles. The minimum atomic E-state index is -0.657. The highest BCUT2D eigenvalue weighted by Gasteiger charge is 2.39. The molecule has 0 radical (unpaired) electrons. The summed E-state index contributed by atoms with van der Waals surface area (Å²) in [7, 11) is 1.56. The Hall–Kier alpha value is -1.62. The molecular weight excluding hydrogens is 218 g/mol. The van der Waals surface area contributed by atoms with Crippen LogP contribution in [0.4, 0.5) is 0 Å². The van der Waals surface area contributed by atoms with E-state index < -0.39 is 5.54 Å². The van der Waals surface area contributed by atoms with Gasteiger partial charge >= 0.3 is 0 Å². The van der Waals surface area contributed by atoms with Crippen LogP contribution in [0, 0.1) is 0 Å². The Kier molecular flexibility index (Phi) is 3.28. The zero-order chi connectivity index (χ0) is 12.3. The summed E-state index contributed by atoms with van der Waals surface area (Å²) < 4.78 is 5.11. The van der Waals surface area contributed by atoms with Crippen LogP contribution in [-0.2, 0) is 11.3 Å². The Morgan fingerprint density at radius 1 is 1.65 bits per heavy atom. The summed E-state index contributed by atoms with van der Waals surface area (Å²) in [4.78, 5) is 15.9. The van der Waals surface area contributed by atoms with Gasteiger partial charge in [-0.1, -0.05) is 6.07 Å². The van der Waals surface area contributed by atoms with Gasteiger partial charge in [0.2, 0.25) is 11.8 Å². The first-order valence-corrected chi connectivity index (χ1v) is 5.71. The van der Waals surface area contributed by atoms with Crippen LogP contribution in [0.5, 0.6) is 5.88 Å². The van der Waals surface area contributed by atoms with Gasteiger partial charge in [0.1, 0.15) is 0 Å². The fourth-order valence-electron chi connectivity index (χ4n) is 1.88. The average molecular weight is 235 g/mol. The minimum absolute atomic E-state index is 0.0883. The molecular formula is C12H17N3O2. The molecule has 0 unspecified atom stereocenters. The van der Waals surface area contributed by atoms with Crippen LogP contribution in [-0.4, -0.2) is 23.5 Å². The smallest absolute Gasteiger partial charge is 0.240 e. The van der Waals surface area contributed by atoms with E-state index in [9.17, 15) is 4.79 Å². The molecule has 2 rings (SSSR count). The quantitative estimate of drug-likeness (QED) is 0.800. The molecule has 1 aliphatic rings. The second kappa shape index (κ2) is 4.71. The van der Waals surface area contributed by atoms with Crippen LogP contribution in [0.25, 0.3) is 0 Å². The van der Waals surface area contributed by atoms with Gasteiger partial charge in [-0.3, -0.25) is 4.79 Å². The zero-order valence-corrected chi connectivity index (χ0v) is 9.90. The molecule has 0 bridgehead atoms. The fraction of sp³-hybridized carbons (Fsp3) is 0.500. The van der Waals surface area contributed by atoms with Crippen molar-refractivity contribution in [3.05, 3.63) is 23.9 Å². The molecule has 92 valence electrons. The molecule has 3 N–H and O–H groups in total. The Labute approximate surface area is 100 Å². The van der Waals surface area contributed by atoms with E-state index in [1.807, 2.05) is 12.1 Å². The number of hydrogen-bond donors (Lipinski definition) is 2. The second-order valence-electron chi connectivity index (χ2n) is 4.36. The standard InChI is InChI=1S/C12H17N3O2/c1-17-10-9(4-2-7-14-10)8-15-11(16)12(13)5-3-6-12/h2,4,7H,3,5-6,8,13H2,1H3,(H,15,16).